The van der Waals surface area contributed by atoms with Crippen LogP contribution in [-0.4, -0.2) is 0 Å². The van der Waals surface area contributed by atoms with Crippen molar-refractivity contribution in [1.82, 2.24) is 0 Å². The van der Waals surface area contributed by atoms with E-state index in [-0.39, 0.29) is 10.8 Å². The Hall–Kier alpha value is -1.53. The van der Waals surface area contributed by atoms with E-state index in [0.717, 1.165) is 31.0 Å². The molecule has 158 valence electrons. The number of halogens is 2. The normalized spacial score (nSPS) is 12.0. The Balaban J connectivity index is 1.83. The lowest BCUT2D eigenvalue weighted by molar-refractivity contribution is 0.452. The van der Waals surface area contributed by atoms with E-state index in [1.165, 1.54) is 11.1 Å². The first kappa shape index (κ1) is 23.1. The molecule has 3 aromatic rings. The highest BCUT2D eigenvalue weighted by Crippen LogP contribution is 2.39. The molecular weight excluding hydrogens is 551 g/mol. The second-order valence-electron chi connectivity index (χ2n) is 9.47. The van der Waals surface area contributed by atoms with Crippen LogP contribution in [-0.2, 0) is 10.8 Å². The van der Waals surface area contributed by atoms with Crippen LogP contribution in [0.15, 0.2) is 65.1 Å². The maximum absolute atomic E-state index is 6.18. The van der Waals surface area contributed by atoms with E-state index in [2.05, 4.69) is 104 Å². The maximum atomic E-state index is 6.18. The number of hydrogen-bond donors (Lipinski definition) is 0. The molecule has 0 atom stereocenters. The van der Waals surface area contributed by atoms with Gasteiger partial charge in [0.15, 0.2) is 0 Å². The van der Waals surface area contributed by atoms with Crippen molar-refractivity contribution in [2.45, 2.75) is 52.4 Å². The van der Waals surface area contributed by atoms with Crippen molar-refractivity contribution in [2.75, 3.05) is 0 Å². The van der Waals surface area contributed by atoms with Gasteiger partial charge in [0, 0.05) is 4.47 Å². The molecule has 0 fully saturated rings. The highest BCUT2D eigenvalue weighted by Gasteiger charge is 2.16. The summed E-state index contributed by atoms with van der Waals surface area (Å²) < 4.78 is 14.2. The fourth-order valence-electron chi connectivity index (χ4n) is 2.99. The lowest BCUT2D eigenvalue weighted by Gasteiger charge is -2.20. The van der Waals surface area contributed by atoms with E-state index in [0.29, 0.717) is 0 Å². The minimum atomic E-state index is 0.117. The molecular formula is C26H28BrIO2. The van der Waals surface area contributed by atoms with Gasteiger partial charge in [-0.25, -0.2) is 0 Å². The van der Waals surface area contributed by atoms with Gasteiger partial charge in [0.1, 0.15) is 23.0 Å². The average molecular weight is 579 g/mol. The Bertz CT molecular complexity index is 930. The van der Waals surface area contributed by atoms with Crippen molar-refractivity contribution in [2.24, 2.45) is 0 Å². The van der Waals surface area contributed by atoms with Crippen LogP contribution in [0.3, 0.4) is 0 Å². The van der Waals surface area contributed by atoms with Crippen molar-refractivity contribution in [3.05, 3.63) is 79.8 Å². The maximum Gasteiger partial charge on any atom is 0.145 e. The van der Waals surface area contributed by atoms with Crippen LogP contribution >= 0.6 is 38.5 Å². The van der Waals surface area contributed by atoms with Gasteiger partial charge in [-0.3, -0.25) is 0 Å². The quantitative estimate of drug-likeness (QED) is 0.287. The summed E-state index contributed by atoms with van der Waals surface area (Å²) in [5, 5.41) is 0. The van der Waals surface area contributed by atoms with E-state index in [1.54, 1.807) is 0 Å². The summed E-state index contributed by atoms with van der Waals surface area (Å²) in [7, 11) is 0. The molecule has 0 aromatic heterocycles. The van der Waals surface area contributed by atoms with Gasteiger partial charge >= 0.3 is 0 Å². The second-order valence-corrected chi connectivity index (χ2v) is 11.5. The van der Waals surface area contributed by atoms with Crippen LogP contribution < -0.4 is 9.47 Å². The van der Waals surface area contributed by atoms with Gasteiger partial charge in [0.2, 0.25) is 0 Å². The van der Waals surface area contributed by atoms with Gasteiger partial charge in [0.25, 0.3) is 0 Å². The number of rotatable bonds is 4. The average Bonchev–Trinajstić information content (AvgIpc) is 2.65. The summed E-state index contributed by atoms with van der Waals surface area (Å²) in [5.74, 6) is 3.13. The zero-order valence-electron chi connectivity index (χ0n) is 18.3. The topological polar surface area (TPSA) is 18.5 Å². The van der Waals surface area contributed by atoms with Crippen molar-refractivity contribution in [3.8, 4) is 23.0 Å². The molecule has 0 aliphatic carbocycles. The molecule has 3 aromatic carbocycles. The largest absolute Gasteiger partial charge is 0.456 e. The van der Waals surface area contributed by atoms with E-state index in [9.17, 15) is 0 Å². The molecule has 0 amide bonds. The van der Waals surface area contributed by atoms with Crippen LogP contribution in [0.25, 0.3) is 0 Å². The zero-order valence-corrected chi connectivity index (χ0v) is 22.1. The Kier molecular flexibility index (Phi) is 6.87. The van der Waals surface area contributed by atoms with Gasteiger partial charge in [0.05, 0.1) is 3.57 Å². The molecule has 0 bridgehead atoms. The van der Waals surface area contributed by atoms with E-state index in [4.69, 9.17) is 9.47 Å². The van der Waals surface area contributed by atoms with Gasteiger partial charge < -0.3 is 9.47 Å². The molecule has 30 heavy (non-hydrogen) atoms. The standard InChI is InChI=1S/C26H28BrIO2/c1-25(2,3)17-7-11-20(12-8-17)29-22-15-19(27)16-23(24(22)28)30-21-13-9-18(10-14-21)26(4,5)6/h7-16H,1-6H3. The smallest absolute Gasteiger partial charge is 0.145 e. The first-order valence-corrected chi connectivity index (χ1v) is 11.9. The molecule has 4 heteroatoms. The Morgan fingerprint density at radius 2 is 0.967 bits per heavy atom. The molecule has 0 saturated heterocycles. The van der Waals surface area contributed by atoms with E-state index in [1.807, 2.05) is 36.4 Å². The monoisotopic (exact) mass is 578 g/mol. The summed E-state index contributed by atoms with van der Waals surface area (Å²) in [6, 6.07) is 20.5. The molecule has 0 spiro atoms. The highest BCUT2D eigenvalue weighted by atomic mass is 127. The Morgan fingerprint density at radius 1 is 0.633 bits per heavy atom. The predicted molar refractivity (Wildman–Crippen MR) is 137 cm³/mol. The van der Waals surface area contributed by atoms with E-state index < -0.39 is 0 Å². The molecule has 0 aliphatic heterocycles. The van der Waals surface area contributed by atoms with Crippen LogP contribution in [0, 0.1) is 3.57 Å². The van der Waals surface area contributed by atoms with Crippen LogP contribution in [0.5, 0.6) is 23.0 Å². The SMILES string of the molecule is CC(C)(C)c1ccc(Oc2cc(Br)cc(Oc3ccc(C(C)(C)C)cc3)c2I)cc1. The molecule has 0 radical (unpaired) electrons. The fourth-order valence-corrected chi connectivity index (χ4v) is 3.94. The molecule has 0 N–H and O–H groups in total. The van der Waals surface area contributed by atoms with E-state index >= 15 is 0 Å². The number of benzene rings is 3. The van der Waals surface area contributed by atoms with Gasteiger partial charge in [-0.1, -0.05) is 81.7 Å². The second kappa shape index (κ2) is 8.91. The molecule has 0 unspecified atom stereocenters. The summed E-state index contributed by atoms with van der Waals surface area (Å²) in [5.41, 5.74) is 2.79. The van der Waals surface area contributed by atoms with Crippen molar-refractivity contribution in [1.29, 1.82) is 0 Å². The van der Waals surface area contributed by atoms with Gasteiger partial charge in [-0.2, -0.15) is 0 Å². The van der Waals surface area contributed by atoms with Crippen LogP contribution in [0.4, 0.5) is 0 Å². The predicted octanol–water partition coefficient (Wildman–Crippen LogP) is 9.23. The third-order valence-corrected chi connectivity index (χ3v) is 6.39. The first-order valence-electron chi connectivity index (χ1n) is 9.99. The molecule has 0 aliphatic rings. The molecule has 0 saturated carbocycles. The minimum absolute atomic E-state index is 0.117. The van der Waals surface area contributed by atoms with Gasteiger partial charge in [-0.05, 0) is 80.9 Å². The molecule has 0 heterocycles. The highest BCUT2D eigenvalue weighted by molar-refractivity contribution is 14.1. The lowest BCUT2D eigenvalue weighted by atomic mass is 9.87. The summed E-state index contributed by atoms with van der Waals surface area (Å²) in [6.07, 6.45) is 0. The summed E-state index contributed by atoms with van der Waals surface area (Å²) >= 11 is 5.87. The van der Waals surface area contributed by atoms with Gasteiger partial charge in [-0.15, -0.1) is 0 Å². The third kappa shape index (κ3) is 5.79. The van der Waals surface area contributed by atoms with Crippen LogP contribution in [0.2, 0.25) is 0 Å². The fraction of sp³-hybridized carbons (Fsp3) is 0.308. The van der Waals surface area contributed by atoms with Crippen molar-refractivity contribution >= 4 is 38.5 Å². The third-order valence-electron chi connectivity index (χ3n) is 4.87. The lowest BCUT2D eigenvalue weighted by Crippen LogP contribution is -2.10. The molecule has 2 nitrogen and oxygen atoms in total. The number of hydrogen-bond acceptors (Lipinski definition) is 2. The first-order chi connectivity index (χ1) is 13.9. The zero-order chi connectivity index (χ0) is 22.1. The Morgan fingerprint density at radius 3 is 1.27 bits per heavy atom. The number of ether oxygens (including phenoxy) is 2. The van der Waals surface area contributed by atoms with Crippen LogP contribution in [0.1, 0.15) is 52.7 Å². The Labute approximate surface area is 202 Å². The minimum Gasteiger partial charge on any atom is -0.456 e. The molecule has 3 rings (SSSR count). The van der Waals surface area contributed by atoms with Crippen molar-refractivity contribution < 1.29 is 9.47 Å². The van der Waals surface area contributed by atoms with Crippen molar-refractivity contribution in [3.63, 3.8) is 0 Å². The summed E-state index contributed by atoms with van der Waals surface area (Å²) in [4.78, 5) is 0. The summed E-state index contributed by atoms with van der Waals surface area (Å²) in [6.45, 7) is 13.2.